The lowest BCUT2D eigenvalue weighted by molar-refractivity contribution is 0.0771. The first-order valence-corrected chi connectivity index (χ1v) is 10.4. The summed E-state index contributed by atoms with van der Waals surface area (Å²) in [6.45, 7) is 0.868. The third kappa shape index (κ3) is 3.65. The predicted molar refractivity (Wildman–Crippen MR) is 114 cm³/mol. The van der Waals surface area contributed by atoms with E-state index in [1.165, 1.54) is 22.9 Å². The normalized spacial score (nSPS) is 21.1. The van der Waals surface area contributed by atoms with Crippen molar-refractivity contribution in [2.24, 2.45) is 18.9 Å². The van der Waals surface area contributed by atoms with E-state index < -0.39 is 23.4 Å². The van der Waals surface area contributed by atoms with Crippen molar-refractivity contribution in [3.8, 4) is 11.3 Å². The molecule has 2 aliphatic rings. The summed E-state index contributed by atoms with van der Waals surface area (Å²) < 4.78 is 42.6. The highest BCUT2D eigenvalue weighted by Crippen LogP contribution is 2.49. The van der Waals surface area contributed by atoms with E-state index in [0.29, 0.717) is 19.0 Å². The number of pyridine rings is 1. The monoisotopic (exact) mass is 455 g/mol. The van der Waals surface area contributed by atoms with E-state index in [4.69, 9.17) is 0 Å². The van der Waals surface area contributed by atoms with Crippen molar-refractivity contribution >= 4 is 11.9 Å². The molecule has 0 radical (unpaired) electrons. The van der Waals surface area contributed by atoms with Gasteiger partial charge in [0.05, 0.1) is 11.9 Å². The molecular formula is C23H20F3N5O2. The van der Waals surface area contributed by atoms with Gasteiger partial charge < -0.3 is 9.80 Å². The molecular weight excluding hydrogens is 435 g/mol. The minimum absolute atomic E-state index is 0.0187. The molecule has 1 aliphatic heterocycles. The van der Waals surface area contributed by atoms with Crippen LogP contribution in [0, 0.1) is 29.3 Å². The van der Waals surface area contributed by atoms with Gasteiger partial charge in [0.15, 0.2) is 5.82 Å². The summed E-state index contributed by atoms with van der Waals surface area (Å²) in [5.74, 6) is -1.92. The lowest BCUT2D eigenvalue weighted by atomic mass is 10.2. The number of hydrogen-bond acceptors (Lipinski definition) is 5. The van der Waals surface area contributed by atoms with Gasteiger partial charge in [0, 0.05) is 74.5 Å². The number of hydrogen-bond donors (Lipinski definition) is 0. The molecule has 7 nitrogen and oxygen atoms in total. The fraction of sp³-hybridized carbons (Fsp3) is 0.304. The number of fused-ring (bicyclic) bond motifs is 1. The number of nitrogens with zero attached hydrogens (tertiary/aromatic N) is 5. The molecule has 0 spiro atoms. The van der Waals surface area contributed by atoms with Crippen LogP contribution in [-0.4, -0.2) is 51.5 Å². The molecule has 10 heteroatoms. The number of anilines is 1. The quantitative estimate of drug-likeness (QED) is 0.605. The summed E-state index contributed by atoms with van der Waals surface area (Å²) in [4.78, 5) is 36.9. The van der Waals surface area contributed by atoms with Gasteiger partial charge in [-0.1, -0.05) is 0 Å². The van der Waals surface area contributed by atoms with E-state index in [2.05, 4.69) is 9.97 Å². The SMILES string of the molecule is CN(c1nc(-c2ccncc2F)cc(=O)n1C)C1[C@H]2CN(C(=O)c3cc(F)cc(F)c3)C[C@@H]12. The maximum absolute atomic E-state index is 14.2. The molecule has 2 fully saturated rings. The lowest BCUT2D eigenvalue weighted by Crippen LogP contribution is -2.38. The second kappa shape index (κ2) is 7.72. The molecule has 33 heavy (non-hydrogen) atoms. The molecule has 5 rings (SSSR count). The van der Waals surface area contributed by atoms with Crippen LogP contribution in [0.15, 0.2) is 47.5 Å². The van der Waals surface area contributed by atoms with Gasteiger partial charge in [0.1, 0.15) is 11.6 Å². The van der Waals surface area contributed by atoms with Crippen molar-refractivity contribution in [3.05, 3.63) is 76.1 Å². The van der Waals surface area contributed by atoms with E-state index in [0.717, 1.165) is 24.4 Å². The fourth-order valence-corrected chi connectivity index (χ4v) is 4.79. The number of rotatable bonds is 4. The molecule has 3 aromatic rings. The largest absolute Gasteiger partial charge is 0.342 e. The Kier molecular flexibility index (Phi) is 4.95. The second-order valence-corrected chi connectivity index (χ2v) is 8.49. The Bertz CT molecular complexity index is 1300. The number of amides is 1. The Hall–Kier alpha value is -3.69. The van der Waals surface area contributed by atoms with Gasteiger partial charge in [0.25, 0.3) is 11.5 Å². The van der Waals surface area contributed by atoms with Gasteiger partial charge in [-0.05, 0) is 18.2 Å². The van der Waals surface area contributed by atoms with Gasteiger partial charge in [0.2, 0.25) is 5.95 Å². The van der Waals surface area contributed by atoms with Crippen LogP contribution in [-0.2, 0) is 7.05 Å². The van der Waals surface area contributed by atoms with Crippen molar-refractivity contribution in [3.63, 3.8) is 0 Å². The van der Waals surface area contributed by atoms with E-state index in [-0.39, 0.29) is 40.3 Å². The average molecular weight is 455 g/mol. The Morgan fingerprint density at radius 2 is 1.76 bits per heavy atom. The molecule has 1 aliphatic carbocycles. The first-order valence-electron chi connectivity index (χ1n) is 10.4. The van der Waals surface area contributed by atoms with Gasteiger partial charge in [-0.25, -0.2) is 18.2 Å². The molecule has 1 saturated heterocycles. The highest BCUT2D eigenvalue weighted by molar-refractivity contribution is 5.94. The zero-order valence-electron chi connectivity index (χ0n) is 17.9. The molecule has 1 amide bonds. The Labute approximate surface area is 187 Å². The highest BCUT2D eigenvalue weighted by atomic mass is 19.1. The van der Waals surface area contributed by atoms with Gasteiger partial charge in [-0.2, -0.15) is 0 Å². The van der Waals surface area contributed by atoms with Crippen LogP contribution in [0.4, 0.5) is 19.1 Å². The van der Waals surface area contributed by atoms with Gasteiger partial charge in [-0.3, -0.25) is 19.1 Å². The Balaban J connectivity index is 1.35. The number of likely N-dealkylation sites (tertiary alicyclic amines) is 1. The van der Waals surface area contributed by atoms with Crippen molar-refractivity contribution in [1.29, 1.82) is 0 Å². The van der Waals surface area contributed by atoms with Crippen LogP contribution in [0.3, 0.4) is 0 Å². The zero-order valence-corrected chi connectivity index (χ0v) is 17.9. The van der Waals surface area contributed by atoms with Crippen LogP contribution < -0.4 is 10.5 Å². The number of carbonyl (C=O) groups excluding carboxylic acids is 1. The summed E-state index contributed by atoms with van der Waals surface area (Å²) in [6.07, 6.45) is 2.50. The Morgan fingerprint density at radius 3 is 2.39 bits per heavy atom. The van der Waals surface area contributed by atoms with Crippen molar-refractivity contribution in [2.45, 2.75) is 6.04 Å². The average Bonchev–Trinajstić information content (AvgIpc) is 3.27. The van der Waals surface area contributed by atoms with Crippen LogP contribution >= 0.6 is 0 Å². The summed E-state index contributed by atoms with van der Waals surface area (Å²) in [5, 5.41) is 0. The standard InChI is InChI=1S/C23H20F3N5O2/c1-29-20(32)8-19(15-3-4-27-9-18(15)26)28-23(29)30(2)21-16-10-31(11-17(16)21)22(33)12-5-13(24)7-14(25)6-12/h3-9,16-17,21H,10-11H2,1-2H3/t16-,17+,21?. The summed E-state index contributed by atoms with van der Waals surface area (Å²) in [7, 11) is 3.41. The molecule has 170 valence electrons. The molecule has 3 atom stereocenters. The number of aromatic nitrogens is 3. The van der Waals surface area contributed by atoms with Gasteiger partial charge in [-0.15, -0.1) is 0 Å². The third-order valence-electron chi connectivity index (χ3n) is 6.47. The zero-order chi connectivity index (χ0) is 23.4. The molecule has 1 unspecified atom stereocenters. The summed E-state index contributed by atoms with van der Waals surface area (Å²) in [5.41, 5.74) is 0.0617. The van der Waals surface area contributed by atoms with Gasteiger partial charge >= 0.3 is 0 Å². The summed E-state index contributed by atoms with van der Waals surface area (Å²) >= 11 is 0. The number of carbonyl (C=O) groups is 1. The minimum Gasteiger partial charge on any atom is -0.342 e. The second-order valence-electron chi connectivity index (χ2n) is 8.49. The maximum atomic E-state index is 14.2. The molecule has 0 bridgehead atoms. The molecule has 2 aromatic heterocycles. The van der Waals surface area contributed by atoms with Crippen LogP contribution in [0.5, 0.6) is 0 Å². The molecule has 1 aromatic carbocycles. The maximum Gasteiger partial charge on any atom is 0.255 e. The van der Waals surface area contributed by atoms with Crippen LogP contribution in [0.1, 0.15) is 10.4 Å². The van der Waals surface area contributed by atoms with Crippen LogP contribution in [0.2, 0.25) is 0 Å². The van der Waals surface area contributed by atoms with Crippen molar-refractivity contribution in [2.75, 3.05) is 25.0 Å². The first kappa shape index (κ1) is 21.2. The smallest absolute Gasteiger partial charge is 0.255 e. The number of halogens is 3. The lowest BCUT2D eigenvalue weighted by Gasteiger charge is -2.26. The third-order valence-corrected chi connectivity index (χ3v) is 6.47. The van der Waals surface area contributed by atoms with Crippen molar-refractivity contribution in [1.82, 2.24) is 19.4 Å². The molecule has 1 saturated carbocycles. The van der Waals surface area contributed by atoms with E-state index in [9.17, 15) is 22.8 Å². The Morgan fingerprint density at radius 1 is 1.09 bits per heavy atom. The van der Waals surface area contributed by atoms with E-state index >= 15 is 0 Å². The van der Waals surface area contributed by atoms with Crippen LogP contribution in [0.25, 0.3) is 11.3 Å². The predicted octanol–water partition coefficient (Wildman–Crippen LogP) is 2.47. The van der Waals surface area contributed by atoms with E-state index in [1.807, 2.05) is 11.9 Å². The van der Waals surface area contributed by atoms with Crippen molar-refractivity contribution < 1.29 is 18.0 Å². The van der Waals surface area contributed by atoms with E-state index in [1.54, 1.807) is 11.9 Å². The number of piperidine rings is 1. The highest BCUT2D eigenvalue weighted by Gasteiger charge is 2.59. The molecule has 0 N–H and O–H groups in total. The first-order chi connectivity index (χ1) is 15.7. The minimum atomic E-state index is -0.794. The fourth-order valence-electron chi connectivity index (χ4n) is 4.79. The number of benzene rings is 1. The topological polar surface area (TPSA) is 71.3 Å². The molecule has 3 heterocycles. The summed E-state index contributed by atoms with van der Waals surface area (Å²) in [6, 6.07) is 5.57.